The molecule has 27 heavy (non-hydrogen) atoms. The van der Waals surface area contributed by atoms with Gasteiger partial charge in [0.15, 0.2) is 0 Å². The molecule has 0 N–H and O–H groups in total. The first kappa shape index (κ1) is 19.1. The molecule has 0 radical (unpaired) electrons. The van der Waals surface area contributed by atoms with Gasteiger partial charge < -0.3 is 9.32 Å². The fourth-order valence-electron chi connectivity index (χ4n) is 3.15. The van der Waals surface area contributed by atoms with Gasteiger partial charge >= 0.3 is 5.63 Å². The Morgan fingerprint density at radius 1 is 1.15 bits per heavy atom. The van der Waals surface area contributed by atoms with Crippen molar-refractivity contribution in [3.05, 3.63) is 69.3 Å². The van der Waals surface area contributed by atoms with E-state index >= 15 is 0 Å². The van der Waals surface area contributed by atoms with Gasteiger partial charge in [-0.1, -0.05) is 30.7 Å². The summed E-state index contributed by atoms with van der Waals surface area (Å²) in [6, 6.07) is 10.9. The molecule has 0 saturated carbocycles. The molecule has 3 rings (SSSR count). The van der Waals surface area contributed by atoms with Crippen LogP contribution in [-0.2, 0) is 11.2 Å². The maximum Gasteiger partial charge on any atom is 0.336 e. The highest BCUT2D eigenvalue weighted by molar-refractivity contribution is 6.33. The summed E-state index contributed by atoms with van der Waals surface area (Å²) in [5.41, 5.74) is 1.90. The second-order valence-corrected chi connectivity index (χ2v) is 7.18. The second kappa shape index (κ2) is 7.53. The summed E-state index contributed by atoms with van der Waals surface area (Å²) in [6.45, 7) is 1.86. The van der Waals surface area contributed by atoms with E-state index in [9.17, 15) is 14.0 Å². The van der Waals surface area contributed by atoms with Crippen molar-refractivity contribution in [3.8, 4) is 11.1 Å². The number of hydrogen-bond acceptors (Lipinski definition) is 3. The molecule has 1 atom stereocenters. The van der Waals surface area contributed by atoms with Crippen LogP contribution in [0.1, 0.15) is 12.5 Å². The zero-order valence-corrected chi connectivity index (χ0v) is 16.0. The van der Waals surface area contributed by atoms with Crippen LogP contribution in [0.2, 0.25) is 5.02 Å². The average molecular weight is 388 g/mol. The van der Waals surface area contributed by atoms with Crippen molar-refractivity contribution in [2.75, 3.05) is 14.1 Å². The van der Waals surface area contributed by atoms with E-state index in [4.69, 9.17) is 16.0 Å². The molecule has 0 fully saturated rings. The van der Waals surface area contributed by atoms with Crippen molar-refractivity contribution in [1.82, 2.24) is 4.90 Å². The van der Waals surface area contributed by atoms with Crippen LogP contribution in [0.4, 0.5) is 4.39 Å². The Morgan fingerprint density at radius 2 is 1.89 bits per heavy atom. The van der Waals surface area contributed by atoms with Crippen LogP contribution in [0.25, 0.3) is 22.1 Å². The second-order valence-electron chi connectivity index (χ2n) is 6.77. The van der Waals surface area contributed by atoms with Gasteiger partial charge in [0.1, 0.15) is 11.4 Å². The quantitative estimate of drug-likeness (QED) is 0.618. The van der Waals surface area contributed by atoms with Crippen molar-refractivity contribution in [2.24, 2.45) is 5.92 Å². The normalized spacial score (nSPS) is 12.2. The average Bonchev–Trinajstić information content (AvgIpc) is 2.60. The lowest BCUT2D eigenvalue weighted by Crippen LogP contribution is -2.29. The molecule has 3 aromatic rings. The first-order valence-electron chi connectivity index (χ1n) is 8.49. The molecule has 0 aliphatic rings. The minimum atomic E-state index is -0.521. The number of benzene rings is 2. The largest absolute Gasteiger partial charge is 0.423 e. The minimum Gasteiger partial charge on any atom is -0.423 e. The lowest BCUT2D eigenvalue weighted by Gasteiger charge is -2.17. The number of fused-ring (bicyclic) bond motifs is 1. The highest BCUT2D eigenvalue weighted by atomic mass is 35.5. The SMILES string of the molecule is C[C@@H](Cc1ccc2c(-c3ccc(F)cc3Cl)cc(=O)oc2c1)C(=O)N(C)C. The van der Waals surface area contributed by atoms with Crippen molar-refractivity contribution in [3.63, 3.8) is 0 Å². The molecular formula is C21H19ClFNO3. The van der Waals surface area contributed by atoms with Gasteiger partial charge in [0, 0.05) is 42.6 Å². The predicted octanol–water partition coefficient (Wildman–Crippen LogP) is 4.52. The Kier molecular flexibility index (Phi) is 5.33. The third kappa shape index (κ3) is 4.03. The lowest BCUT2D eigenvalue weighted by atomic mass is 9.96. The molecule has 4 nitrogen and oxygen atoms in total. The van der Waals surface area contributed by atoms with Crippen LogP contribution in [-0.4, -0.2) is 24.9 Å². The summed E-state index contributed by atoms with van der Waals surface area (Å²) >= 11 is 6.17. The van der Waals surface area contributed by atoms with Crippen molar-refractivity contribution < 1.29 is 13.6 Å². The van der Waals surface area contributed by atoms with Gasteiger partial charge in [-0.15, -0.1) is 0 Å². The summed E-state index contributed by atoms with van der Waals surface area (Å²) in [5, 5.41) is 0.912. The molecule has 1 heterocycles. The summed E-state index contributed by atoms with van der Waals surface area (Å²) in [6.07, 6.45) is 0.526. The Morgan fingerprint density at radius 3 is 2.56 bits per heavy atom. The van der Waals surface area contributed by atoms with E-state index in [1.54, 1.807) is 25.1 Å². The monoisotopic (exact) mass is 387 g/mol. The molecule has 1 amide bonds. The summed E-state index contributed by atoms with van der Waals surface area (Å²) in [7, 11) is 3.44. The molecule has 2 aromatic carbocycles. The van der Waals surface area contributed by atoms with E-state index in [-0.39, 0.29) is 16.8 Å². The molecule has 1 aromatic heterocycles. The highest BCUT2D eigenvalue weighted by Crippen LogP contribution is 2.33. The van der Waals surface area contributed by atoms with Crippen LogP contribution in [0.3, 0.4) is 0 Å². The molecule has 0 spiro atoms. The molecule has 6 heteroatoms. The maximum absolute atomic E-state index is 13.4. The number of carbonyl (C=O) groups excluding carboxylic acids is 1. The summed E-state index contributed by atoms with van der Waals surface area (Å²) in [4.78, 5) is 25.7. The van der Waals surface area contributed by atoms with Gasteiger partial charge in [-0.25, -0.2) is 9.18 Å². The number of carbonyl (C=O) groups is 1. The van der Waals surface area contributed by atoms with E-state index in [0.29, 0.717) is 28.5 Å². The van der Waals surface area contributed by atoms with Gasteiger partial charge in [-0.2, -0.15) is 0 Å². The first-order valence-corrected chi connectivity index (χ1v) is 8.87. The van der Waals surface area contributed by atoms with Crippen LogP contribution < -0.4 is 5.63 Å². The predicted molar refractivity (Wildman–Crippen MR) is 104 cm³/mol. The molecule has 0 aliphatic heterocycles. The Hall–Kier alpha value is -2.66. The van der Waals surface area contributed by atoms with Crippen molar-refractivity contribution in [1.29, 1.82) is 0 Å². The Bertz CT molecular complexity index is 1070. The fourth-order valence-corrected chi connectivity index (χ4v) is 3.42. The number of halogens is 2. The third-order valence-electron chi connectivity index (χ3n) is 4.43. The van der Waals surface area contributed by atoms with E-state index in [1.807, 2.05) is 19.1 Å². The zero-order chi connectivity index (χ0) is 19.7. The molecule has 0 bridgehead atoms. The van der Waals surface area contributed by atoms with Gasteiger partial charge in [0.05, 0.1) is 5.02 Å². The number of hydrogen-bond donors (Lipinski definition) is 0. The van der Waals surface area contributed by atoms with Crippen molar-refractivity contribution in [2.45, 2.75) is 13.3 Å². The number of nitrogens with zero attached hydrogens (tertiary/aromatic N) is 1. The number of amides is 1. The molecule has 0 unspecified atom stereocenters. The van der Waals surface area contributed by atoms with Crippen LogP contribution in [0, 0.1) is 11.7 Å². The maximum atomic E-state index is 13.4. The molecular weight excluding hydrogens is 369 g/mol. The Labute approximate surface area is 161 Å². The van der Waals surface area contributed by atoms with E-state index < -0.39 is 11.4 Å². The lowest BCUT2D eigenvalue weighted by molar-refractivity contribution is -0.132. The topological polar surface area (TPSA) is 50.5 Å². The smallest absolute Gasteiger partial charge is 0.336 e. The number of rotatable bonds is 4. The first-order chi connectivity index (χ1) is 12.8. The Balaban J connectivity index is 2.06. The summed E-state index contributed by atoms with van der Waals surface area (Å²) < 4.78 is 18.7. The van der Waals surface area contributed by atoms with Crippen LogP contribution in [0.5, 0.6) is 0 Å². The third-order valence-corrected chi connectivity index (χ3v) is 4.75. The standard InChI is InChI=1S/C21H19ClFNO3/c1-12(21(26)24(2)3)8-13-4-6-16-17(11-20(25)27-19(16)9-13)15-7-5-14(23)10-18(15)22/h4-7,9-12H,8H2,1-3H3/t12-/m0/s1. The zero-order valence-electron chi connectivity index (χ0n) is 15.3. The summed E-state index contributed by atoms with van der Waals surface area (Å²) in [5.74, 6) is -0.611. The van der Waals surface area contributed by atoms with Crippen LogP contribution >= 0.6 is 11.6 Å². The molecule has 0 aliphatic carbocycles. The van der Waals surface area contributed by atoms with E-state index in [1.165, 1.54) is 24.3 Å². The van der Waals surface area contributed by atoms with E-state index in [0.717, 1.165) is 5.56 Å². The van der Waals surface area contributed by atoms with Gasteiger partial charge in [-0.3, -0.25) is 4.79 Å². The van der Waals surface area contributed by atoms with Crippen LogP contribution in [0.15, 0.2) is 51.7 Å². The van der Waals surface area contributed by atoms with Gasteiger partial charge in [-0.05, 0) is 36.2 Å². The van der Waals surface area contributed by atoms with Gasteiger partial charge in [0.25, 0.3) is 0 Å². The fraction of sp³-hybridized carbons (Fsp3) is 0.238. The van der Waals surface area contributed by atoms with Gasteiger partial charge in [0.2, 0.25) is 5.91 Å². The van der Waals surface area contributed by atoms with Crippen molar-refractivity contribution >= 4 is 28.5 Å². The van der Waals surface area contributed by atoms with E-state index in [2.05, 4.69) is 0 Å². The molecule has 0 saturated heterocycles. The highest BCUT2D eigenvalue weighted by Gasteiger charge is 2.17. The molecule has 140 valence electrons. The minimum absolute atomic E-state index is 0.0309.